The molecule has 3 aromatic rings. The molecule has 1 amide bonds. The zero-order chi connectivity index (χ0) is 22.8. The van der Waals surface area contributed by atoms with Crippen LogP contribution >= 0.6 is 0 Å². The van der Waals surface area contributed by atoms with Gasteiger partial charge in [-0.15, -0.1) is 0 Å². The molecule has 6 heteroatoms. The predicted octanol–water partition coefficient (Wildman–Crippen LogP) is 4.54. The standard InChI is InChI=1S/C26H25NO5/c1-15-11-17(24(28)12-16(15)2)13-23(25(29)30)27-26(31)32-14-22-20-9-5-3-7-18(20)19-8-4-6-10-21(19)22/h3-12,22-23,28H,13-14H2,1-2H3,(H,27,31)(H,29,30). The van der Waals surface area contributed by atoms with Crippen LogP contribution < -0.4 is 5.32 Å². The Morgan fingerprint density at radius 3 is 2.12 bits per heavy atom. The number of benzene rings is 3. The number of aryl methyl sites for hydroxylation is 2. The van der Waals surface area contributed by atoms with E-state index >= 15 is 0 Å². The lowest BCUT2D eigenvalue weighted by Gasteiger charge is -2.18. The topological polar surface area (TPSA) is 95.9 Å². The summed E-state index contributed by atoms with van der Waals surface area (Å²) >= 11 is 0. The van der Waals surface area contributed by atoms with Crippen molar-refractivity contribution >= 4 is 12.1 Å². The molecule has 0 heterocycles. The number of aliphatic carboxylic acids is 1. The summed E-state index contributed by atoms with van der Waals surface area (Å²) in [5.41, 5.74) is 6.69. The molecule has 0 aliphatic heterocycles. The van der Waals surface area contributed by atoms with Gasteiger partial charge in [0, 0.05) is 12.3 Å². The predicted molar refractivity (Wildman–Crippen MR) is 121 cm³/mol. The first-order chi connectivity index (χ1) is 15.3. The smallest absolute Gasteiger partial charge is 0.407 e. The maximum absolute atomic E-state index is 12.5. The third kappa shape index (κ3) is 4.17. The minimum atomic E-state index is -1.22. The Bertz CT molecular complexity index is 1140. The van der Waals surface area contributed by atoms with Crippen LogP contribution in [0.3, 0.4) is 0 Å². The number of ether oxygens (including phenoxy) is 1. The van der Waals surface area contributed by atoms with Crippen LogP contribution in [-0.4, -0.2) is 34.9 Å². The van der Waals surface area contributed by atoms with Gasteiger partial charge in [0.2, 0.25) is 0 Å². The van der Waals surface area contributed by atoms with Gasteiger partial charge in [-0.25, -0.2) is 9.59 Å². The first-order valence-corrected chi connectivity index (χ1v) is 10.5. The van der Waals surface area contributed by atoms with E-state index in [9.17, 15) is 19.8 Å². The van der Waals surface area contributed by atoms with Gasteiger partial charge < -0.3 is 20.3 Å². The molecule has 0 spiro atoms. The zero-order valence-electron chi connectivity index (χ0n) is 18.0. The van der Waals surface area contributed by atoms with Gasteiger partial charge in [-0.05, 0) is 58.9 Å². The van der Waals surface area contributed by atoms with Gasteiger partial charge in [0.25, 0.3) is 0 Å². The van der Waals surface area contributed by atoms with E-state index in [1.165, 1.54) is 0 Å². The number of hydrogen-bond donors (Lipinski definition) is 3. The molecular weight excluding hydrogens is 406 g/mol. The highest BCUT2D eigenvalue weighted by Gasteiger charge is 2.30. The Hall–Kier alpha value is -3.80. The summed E-state index contributed by atoms with van der Waals surface area (Å²) in [5, 5.41) is 22.2. The normalized spacial score (nSPS) is 13.2. The van der Waals surface area contributed by atoms with Gasteiger partial charge in [0.15, 0.2) is 0 Å². The average molecular weight is 431 g/mol. The fourth-order valence-electron chi connectivity index (χ4n) is 4.23. The lowest BCUT2D eigenvalue weighted by molar-refractivity contribution is -0.139. The van der Waals surface area contributed by atoms with Crippen molar-refractivity contribution in [1.82, 2.24) is 5.32 Å². The van der Waals surface area contributed by atoms with Crippen molar-refractivity contribution in [3.63, 3.8) is 0 Å². The van der Waals surface area contributed by atoms with Crippen molar-refractivity contribution in [3.8, 4) is 16.9 Å². The van der Waals surface area contributed by atoms with Gasteiger partial charge in [0.05, 0.1) is 0 Å². The maximum atomic E-state index is 12.5. The Morgan fingerprint density at radius 1 is 0.969 bits per heavy atom. The van der Waals surface area contributed by atoms with E-state index in [0.717, 1.165) is 33.4 Å². The molecule has 0 fully saturated rings. The Morgan fingerprint density at radius 2 is 1.53 bits per heavy atom. The number of fused-ring (bicyclic) bond motifs is 3. The van der Waals surface area contributed by atoms with Crippen LogP contribution in [0.5, 0.6) is 5.75 Å². The number of hydrogen-bond acceptors (Lipinski definition) is 4. The number of aromatic hydroxyl groups is 1. The highest BCUT2D eigenvalue weighted by molar-refractivity contribution is 5.81. The number of phenols is 1. The molecule has 1 unspecified atom stereocenters. The van der Waals surface area contributed by atoms with Crippen molar-refractivity contribution in [3.05, 3.63) is 88.5 Å². The van der Waals surface area contributed by atoms with Crippen LogP contribution in [0.15, 0.2) is 60.7 Å². The van der Waals surface area contributed by atoms with Crippen LogP contribution in [0.2, 0.25) is 0 Å². The molecule has 3 aromatic carbocycles. The number of carbonyl (C=O) groups is 2. The van der Waals surface area contributed by atoms with Crippen LogP contribution in [0.4, 0.5) is 4.79 Å². The molecule has 0 aromatic heterocycles. The molecule has 3 N–H and O–H groups in total. The van der Waals surface area contributed by atoms with Crippen LogP contribution in [0.25, 0.3) is 11.1 Å². The molecule has 164 valence electrons. The highest BCUT2D eigenvalue weighted by Crippen LogP contribution is 2.44. The second kappa shape index (κ2) is 8.75. The van der Waals surface area contributed by atoms with Crippen molar-refractivity contribution in [2.45, 2.75) is 32.2 Å². The molecule has 1 aliphatic rings. The van der Waals surface area contributed by atoms with E-state index in [1.54, 1.807) is 12.1 Å². The lowest BCUT2D eigenvalue weighted by atomic mass is 9.98. The summed E-state index contributed by atoms with van der Waals surface area (Å²) in [4.78, 5) is 24.2. The number of carboxylic acids is 1. The fraction of sp³-hybridized carbons (Fsp3) is 0.231. The number of alkyl carbamates (subject to hydrolysis) is 1. The number of amides is 1. The van der Waals surface area contributed by atoms with Crippen molar-refractivity contribution in [1.29, 1.82) is 0 Å². The largest absolute Gasteiger partial charge is 0.508 e. The van der Waals surface area contributed by atoms with E-state index in [4.69, 9.17) is 4.74 Å². The van der Waals surface area contributed by atoms with Crippen molar-refractivity contribution < 1.29 is 24.5 Å². The van der Waals surface area contributed by atoms with Crippen molar-refractivity contribution in [2.24, 2.45) is 0 Å². The highest BCUT2D eigenvalue weighted by atomic mass is 16.5. The molecule has 4 rings (SSSR count). The minimum absolute atomic E-state index is 0.00804. The number of nitrogens with one attached hydrogen (secondary N) is 1. The van der Waals surface area contributed by atoms with Gasteiger partial charge in [0.1, 0.15) is 18.4 Å². The number of carboxylic acid groups (broad SMARTS) is 1. The molecular formula is C26H25NO5. The van der Waals surface area contributed by atoms with Gasteiger partial charge in [-0.3, -0.25) is 0 Å². The summed E-state index contributed by atoms with van der Waals surface area (Å²) < 4.78 is 5.46. The van der Waals surface area contributed by atoms with Gasteiger partial charge >= 0.3 is 12.1 Å². The SMILES string of the molecule is Cc1cc(O)c(CC(NC(=O)OCC2c3ccccc3-c3ccccc32)C(=O)O)cc1C. The maximum Gasteiger partial charge on any atom is 0.407 e. The van der Waals surface area contributed by atoms with Gasteiger partial charge in [-0.2, -0.15) is 0 Å². The molecule has 0 radical (unpaired) electrons. The molecule has 0 saturated heterocycles. The Labute approximate surface area is 186 Å². The Balaban J connectivity index is 1.45. The Kier molecular flexibility index (Phi) is 5.86. The second-order valence-electron chi connectivity index (χ2n) is 8.13. The first kappa shape index (κ1) is 21.4. The molecule has 0 saturated carbocycles. The summed E-state index contributed by atoms with van der Waals surface area (Å²) in [6, 6.07) is 18.1. The number of rotatable bonds is 6. The third-order valence-electron chi connectivity index (χ3n) is 6.05. The molecule has 6 nitrogen and oxygen atoms in total. The lowest BCUT2D eigenvalue weighted by Crippen LogP contribution is -2.43. The zero-order valence-corrected chi connectivity index (χ0v) is 18.0. The van der Waals surface area contributed by atoms with Crippen LogP contribution in [0, 0.1) is 13.8 Å². The van der Waals surface area contributed by atoms with Gasteiger partial charge in [-0.1, -0.05) is 54.6 Å². The van der Waals surface area contributed by atoms with Crippen LogP contribution in [0.1, 0.15) is 33.7 Å². The summed E-state index contributed by atoms with van der Waals surface area (Å²) in [6.45, 7) is 3.84. The van der Waals surface area contributed by atoms with E-state index in [1.807, 2.05) is 62.4 Å². The molecule has 1 aliphatic carbocycles. The minimum Gasteiger partial charge on any atom is -0.508 e. The molecule has 1 atom stereocenters. The molecule has 32 heavy (non-hydrogen) atoms. The third-order valence-corrected chi connectivity index (χ3v) is 6.05. The van der Waals surface area contributed by atoms with E-state index < -0.39 is 18.1 Å². The summed E-state index contributed by atoms with van der Waals surface area (Å²) in [6.07, 6.45) is -0.852. The molecule has 0 bridgehead atoms. The first-order valence-electron chi connectivity index (χ1n) is 10.5. The van der Waals surface area contributed by atoms with Crippen LogP contribution in [-0.2, 0) is 16.0 Å². The average Bonchev–Trinajstić information content (AvgIpc) is 3.09. The number of carbonyl (C=O) groups excluding carboxylic acids is 1. The van der Waals surface area contributed by atoms with E-state index in [2.05, 4.69) is 5.32 Å². The quantitative estimate of drug-likeness (QED) is 0.532. The summed E-state index contributed by atoms with van der Waals surface area (Å²) in [5.74, 6) is -1.30. The monoisotopic (exact) mass is 431 g/mol. The summed E-state index contributed by atoms with van der Waals surface area (Å²) in [7, 11) is 0. The number of phenolic OH excluding ortho intramolecular Hbond substituents is 1. The van der Waals surface area contributed by atoms with E-state index in [0.29, 0.717) is 5.56 Å². The van der Waals surface area contributed by atoms with Crippen molar-refractivity contribution in [2.75, 3.05) is 6.61 Å². The fourth-order valence-corrected chi connectivity index (χ4v) is 4.23. The van der Waals surface area contributed by atoms with E-state index in [-0.39, 0.29) is 24.7 Å². The second-order valence-corrected chi connectivity index (χ2v) is 8.13.